The Labute approximate surface area is 151 Å². The predicted molar refractivity (Wildman–Crippen MR) is 96.3 cm³/mol. The Morgan fingerprint density at radius 1 is 0.917 bits per heavy atom. The van der Waals surface area contributed by atoms with Crippen LogP contribution in [0.15, 0.2) is 0 Å². The van der Waals surface area contributed by atoms with Gasteiger partial charge in [0.25, 0.3) is 0 Å². The van der Waals surface area contributed by atoms with Crippen LogP contribution in [0.3, 0.4) is 0 Å². The highest BCUT2D eigenvalue weighted by atomic mass is 35.5. The van der Waals surface area contributed by atoms with Gasteiger partial charge in [-0.1, -0.05) is 19.8 Å². The molecule has 134 valence electrons. The van der Waals surface area contributed by atoms with Crippen LogP contribution < -0.4 is 0 Å². The topological polar surface area (TPSA) is 40.5 Å². The normalized spacial score (nSPS) is 56.5. The van der Waals surface area contributed by atoms with Crippen molar-refractivity contribution in [1.29, 1.82) is 0 Å². The predicted octanol–water partition coefficient (Wildman–Crippen LogP) is 4.32. The van der Waals surface area contributed by atoms with Gasteiger partial charge in [0.1, 0.15) is 5.60 Å². The van der Waals surface area contributed by atoms with Gasteiger partial charge in [-0.2, -0.15) is 0 Å². The molecule has 0 aliphatic heterocycles. The molecule has 0 heterocycles. The lowest BCUT2D eigenvalue weighted by Crippen LogP contribution is -2.56. The van der Waals surface area contributed by atoms with E-state index in [-0.39, 0.29) is 11.5 Å². The highest BCUT2D eigenvalue weighted by Gasteiger charge is 2.61. The van der Waals surface area contributed by atoms with Crippen molar-refractivity contribution >= 4 is 11.6 Å². The van der Waals surface area contributed by atoms with E-state index in [9.17, 15) is 10.2 Å². The largest absolute Gasteiger partial charge is 0.393 e. The summed E-state index contributed by atoms with van der Waals surface area (Å²) >= 11 is 5.59. The summed E-state index contributed by atoms with van der Waals surface area (Å²) in [6.45, 7) is 4.83. The molecule has 0 spiro atoms. The molecule has 24 heavy (non-hydrogen) atoms. The Morgan fingerprint density at radius 2 is 1.67 bits per heavy atom. The third-order valence-electron chi connectivity index (χ3n) is 8.96. The Hall–Kier alpha value is -0.230. The molecular weight excluding hydrogens is 320 g/mol. The van der Waals surface area contributed by atoms with E-state index in [1.54, 1.807) is 0 Å². The second kappa shape index (κ2) is 5.63. The highest BCUT2D eigenvalue weighted by Crippen LogP contribution is 2.66. The average Bonchev–Trinajstić information content (AvgIpc) is 2.84. The van der Waals surface area contributed by atoms with E-state index in [0.717, 1.165) is 37.5 Å². The minimum atomic E-state index is -0.870. The van der Waals surface area contributed by atoms with Crippen LogP contribution in [0.2, 0.25) is 0 Å². The first-order valence-corrected chi connectivity index (χ1v) is 10.2. The number of halogens is 1. The second-order valence-corrected chi connectivity index (χ2v) is 9.94. The Morgan fingerprint density at radius 3 is 2.42 bits per heavy atom. The van der Waals surface area contributed by atoms with Crippen molar-refractivity contribution in [1.82, 2.24) is 0 Å². The Balaban J connectivity index is 1.60. The Bertz CT molecular complexity index is 580. The van der Waals surface area contributed by atoms with Gasteiger partial charge >= 0.3 is 0 Å². The van der Waals surface area contributed by atoms with Crippen molar-refractivity contribution in [2.45, 2.75) is 83.3 Å². The Kier molecular flexibility index (Phi) is 4.04. The molecular formula is C21H31ClO2. The van der Waals surface area contributed by atoms with Crippen molar-refractivity contribution < 1.29 is 10.2 Å². The molecule has 4 saturated carbocycles. The molecule has 4 rings (SSSR count). The fraction of sp³-hybridized carbons (Fsp3) is 0.905. The number of aliphatic hydroxyl groups excluding tert-OH is 1. The van der Waals surface area contributed by atoms with Gasteiger partial charge < -0.3 is 10.2 Å². The molecule has 8 atom stereocenters. The van der Waals surface area contributed by atoms with Crippen LogP contribution in [0, 0.1) is 45.8 Å². The van der Waals surface area contributed by atoms with Crippen LogP contribution in [-0.2, 0) is 0 Å². The third-order valence-corrected chi connectivity index (χ3v) is 9.05. The molecule has 4 aliphatic rings. The van der Waals surface area contributed by atoms with Crippen LogP contribution >= 0.6 is 11.6 Å². The van der Waals surface area contributed by atoms with E-state index < -0.39 is 5.60 Å². The van der Waals surface area contributed by atoms with Crippen molar-refractivity contribution in [3.05, 3.63) is 0 Å². The minimum absolute atomic E-state index is 0.0931. The van der Waals surface area contributed by atoms with Gasteiger partial charge in [0.15, 0.2) is 0 Å². The number of hydrogen-bond donors (Lipinski definition) is 2. The van der Waals surface area contributed by atoms with Gasteiger partial charge in [-0.3, -0.25) is 0 Å². The van der Waals surface area contributed by atoms with E-state index in [0.29, 0.717) is 17.3 Å². The van der Waals surface area contributed by atoms with Crippen LogP contribution in [0.5, 0.6) is 0 Å². The van der Waals surface area contributed by atoms with Gasteiger partial charge in [0.05, 0.1) is 6.10 Å². The molecule has 0 radical (unpaired) electrons. The summed E-state index contributed by atoms with van der Waals surface area (Å²) in [6, 6.07) is 0. The third kappa shape index (κ3) is 2.31. The lowest BCUT2D eigenvalue weighted by atomic mass is 9.44. The van der Waals surface area contributed by atoms with Gasteiger partial charge in [-0.05, 0) is 104 Å². The van der Waals surface area contributed by atoms with Gasteiger partial charge in [0.2, 0.25) is 0 Å². The average molecular weight is 351 g/mol. The van der Waals surface area contributed by atoms with Gasteiger partial charge in [0, 0.05) is 5.38 Å². The van der Waals surface area contributed by atoms with E-state index in [2.05, 4.69) is 25.1 Å². The van der Waals surface area contributed by atoms with Crippen LogP contribution in [0.1, 0.15) is 71.6 Å². The van der Waals surface area contributed by atoms with Gasteiger partial charge in [-0.25, -0.2) is 0 Å². The SMILES string of the molecule is C[C@]12CC[C@@](O)(C#CCl)C[C@H]1CC[C@@H]1[C@@H]2CC[C@]2(C)[C@@H](O)CC[C@@H]12. The number of fused-ring (bicyclic) bond motifs is 5. The fourth-order valence-corrected chi connectivity index (χ4v) is 7.60. The molecule has 4 aliphatic carbocycles. The summed E-state index contributed by atoms with van der Waals surface area (Å²) < 4.78 is 0. The van der Waals surface area contributed by atoms with E-state index >= 15 is 0 Å². The lowest BCUT2D eigenvalue weighted by molar-refractivity contribution is -0.143. The molecule has 2 nitrogen and oxygen atoms in total. The summed E-state index contributed by atoms with van der Waals surface area (Å²) in [6.07, 6.45) is 9.61. The second-order valence-electron chi connectivity index (χ2n) is 9.75. The maximum atomic E-state index is 10.8. The summed E-state index contributed by atoms with van der Waals surface area (Å²) in [5.74, 6) is 5.66. The first-order chi connectivity index (χ1) is 11.3. The number of hydrogen-bond acceptors (Lipinski definition) is 2. The van der Waals surface area contributed by atoms with Gasteiger partial charge in [-0.15, -0.1) is 0 Å². The van der Waals surface area contributed by atoms with Crippen LogP contribution in [0.4, 0.5) is 0 Å². The first-order valence-electron chi connectivity index (χ1n) is 9.86. The maximum Gasteiger partial charge on any atom is 0.127 e. The zero-order valence-electron chi connectivity index (χ0n) is 15.0. The van der Waals surface area contributed by atoms with Crippen LogP contribution in [0.25, 0.3) is 0 Å². The zero-order valence-corrected chi connectivity index (χ0v) is 15.8. The minimum Gasteiger partial charge on any atom is -0.393 e. The molecule has 3 heteroatoms. The van der Waals surface area contributed by atoms with Crippen molar-refractivity contribution in [2.75, 3.05) is 0 Å². The molecule has 4 fully saturated rings. The van der Waals surface area contributed by atoms with Crippen LogP contribution in [-0.4, -0.2) is 21.9 Å². The summed E-state index contributed by atoms with van der Waals surface area (Å²) in [5, 5.41) is 23.7. The van der Waals surface area contributed by atoms with E-state index in [4.69, 9.17) is 11.6 Å². The van der Waals surface area contributed by atoms with E-state index in [1.165, 1.54) is 32.1 Å². The monoisotopic (exact) mass is 350 g/mol. The smallest absolute Gasteiger partial charge is 0.127 e. The number of aliphatic hydroxyl groups is 2. The lowest BCUT2D eigenvalue weighted by Gasteiger charge is -2.61. The molecule has 0 bridgehead atoms. The molecule has 2 N–H and O–H groups in total. The van der Waals surface area contributed by atoms with Crippen molar-refractivity contribution in [2.24, 2.45) is 34.5 Å². The summed E-state index contributed by atoms with van der Waals surface area (Å²) in [4.78, 5) is 0. The fourth-order valence-electron chi connectivity index (χ4n) is 7.42. The number of rotatable bonds is 0. The standard InChI is InChI=1S/C21H31ClO2/c1-19-9-10-21(24,11-12-22)13-14(19)3-4-15-16-5-6-18(23)20(16,2)8-7-17(15)19/h14-18,23-24H,3-10,13H2,1-2H3/t14-,15+,16+,17+,18+,19+,20+,21-/m1/s1. The molecule has 0 aromatic rings. The maximum absolute atomic E-state index is 10.8. The first kappa shape index (κ1) is 17.2. The van der Waals surface area contributed by atoms with Crippen molar-refractivity contribution in [3.8, 4) is 11.3 Å². The van der Waals surface area contributed by atoms with Crippen molar-refractivity contribution in [3.63, 3.8) is 0 Å². The summed E-state index contributed by atoms with van der Waals surface area (Å²) in [5.41, 5.74) is -0.382. The summed E-state index contributed by atoms with van der Waals surface area (Å²) in [7, 11) is 0. The zero-order chi connectivity index (χ0) is 17.2. The molecule has 0 aromatic heterocycles. The molecule has 0 saturated heterocycles. The quantitative estimate of drug-likeness (QED) is 0.639. The molecule has 0 aromatic carbocycles. The van der Waals surface area contributed by atoms with E-state index in [1.807, 2.05) is 0 Å². The highest BCUT2D eigenvalue weighted by molar-refractivity contribution is 6.30. The molecule has 0 amide bonds. The molecule has 0 unspecified atom stereocenters.